The van der Waals surface area contributed by atoms with Crippen molar-refractivity contribution in [3.05, 3.63) is 82.0 Å². The van der Waals surface area contributed by atoms with Gasteiger partial charge in [0.1, 0.15) is 5.82 Å². The zero-order valence-electron chi connectivity index (χ0n) is 15.8. The van der Waals surface area contributed by atoms with Crippen LogP contribution in [0.3, 0.4) is 0 Å². The maximum absolute atomic E-state index is 13.2. The van der Waals surface area contributed by atoms with E-state index in [0.717, 1.165) is 10.2 Å². The van der Waals surface area contributed by atoms with Crippen molar-refractivity contribution in [1.29, 1.82) is 0 Å². The molecule has 1 amide bonds. The number of amides is 1. The minimum Gasteiger partial charge on any atom is -0.494 e. The molecule has 6 nitrogen and oxygen atoms in total. The first-order valence-electron chi connectivity index (χ1n) is 8.74. The Labute approximate surface area is 161 Å². The molecule has 3 aromatic rings. The van der Waals surface area contributed by atoms with E-state index in [1.165, 1.54) is 37.4 Å². The van der Waals surface area contributed by atoms with E-state index in [0.29, 0.717) is 17.3 Å². The molecule has 144 valence electrons. The normalized spacial score (nSPS) is 10.8. The molecule has 0 fully saturated rings. The van der Waals surface area contributed by atoms with Crippen molar-refractivity contribution >= 4 is 11.6 Å². The van der Waals surface area contributed by atoms with Gasteiger partial charge in [-0.2, -0.15) is 9.78 Å². The molecule has 0 saturated heterocycles. The average Bonchev–Trinajstić information content (AvgIpc) is 2.68. The van der Waals surface area contributed by atoms with E-state index in [2.05, 4.69) is 24.3 Å². The standard InChI is InChI=1S/C21H20FN3O3/c1-13(2)14-4-8-16(9-5-14)23-21(27)20-18(28-3)12-19(26)25(24-20)17-10-6-15(22)7-11-17/h4-13H,1-3H3,(H,23,27). The highest BCUT2D eigenvalue weighted by molar-refractivity contribution is 6.04. The first kappa shape index (κ1) is 19.3. The number of halogens is 1. The van der Waals surface area contributed by atoms with Crippen molar-refractivity contribution in [3.8, 4) is 11.4 Å². The third-order valence-corrected chi connectivity index (χ3v) is 4.24. The van der Waals surface area contributed by atoms with Crippen LogP contribution >= 0.6 is 0 Å². The van der Waals surface area contributed by atoms with Crippen LogP contribution < -0.4 is 15.6 Å². The van der Waals surface area contributed by atoms with Crippen LogP contribution in [0.15, 0.2) is 59.4 Å². The number of rotatable bonds is 5. The van der Waals surface area contributed by atoms with Crippen molar-refractivity contribution < 1.29 is 13.9 Å². The number of ether oxygens (including phenoxy) is 1. The van der Waals surface area contributed by atoms with Gasteiger partial charge >= 0.3 is 0 Å². The fraction of sp³-hybridized carbons (Fsp3) is 0.190. The molecule has 3 rings (SSSR count). The zero-order valence-corrected chi connectivity index (χ0v) is 15.8. The topological polar surface area (TPSA) is 73.2 Å². The van der Waals surface area contributed by atoms with Gasteiger partial charge in [-0.25, -0.2) is 4.39 Å². The van der Waals surface area contributed by atoms with E-state index < -0.39 is 17.3 Å². The summed E-state index contributed by atoms with van der Waals surface area (Å²) >= 11 is 0. The second-order valence-electron chi connectivity index (χ2n) is 6.52. The van der Waals surface area contributed by atoms with Gasteiger partial charge in [-0.1, -0.05) is 26.0 Å². The number of benzene rings is 2. The van der Waals surface area contributed by atoms with Gasteiger partial charge in [0.15, 0.2) is 11.4 Å². The Hall–Kier alpha value is -3.48. The molecule has 1 N–H and O–H groups in total. The quantitative estimate of drug-likeness (QED) is 0.730. The maximum atomic E-state index is 13.2. The minimum atomic E-state index is -0.523. The van der Waals surface area contributed by atoms with Crippen LogP contribution in [0.4, 0.5) is 10.1 Å². The highest BCUT2D eigenvalue weighted by Gasteiger charge is 2.18. The lowest BCUT2D eigenvalue weighted by Crippen LogP contribution is -2.26. The lowest BCUT2D eigenvalue weighted by Gasteiger charge is -2.12. The van der Waals surface area contributed by atoms with Crippen molar-refractivity contribution in [2.75, 3.05) is 12.4 Å². The van der Waals surface area contributed by atoms with Gasteiger partial charge < -0.3 is 10.1 Å². The molecular weight excluding hydrogens is 361 g/mol. The summed E-state index contributed by atoms with van der Waals surface area (Å²) in [6.07, 6.45) is 0. The molecule has 28 heavy (non-hydrogen) atoms. The van der Waals surface area contributed by atoms with Gasteiger partial charge in [0.2, 0.25) is 0 Å². The lowest BCUT2D eigenvalue weighted by molar-refractivity contribution is 0.101. The highest BCUT2D eigenvalue weighted by atomic mass is 19.1. The summed E-state index contributed by atoms with van der Waals surface area (Å²) in [5.41, 5.74) is 1.53. The summed E-state index contributed by atoms with van der Waals surface area (Å²) in [5, 5.41) is 6.88. The molecule has 1 aromatic heterocycles. The molecule has 0 bridgehead atoms. The smallest absolute Gasteiger partial charge is 0.279 e. The SMILES string of the molecule is COc1cc(=O)n(-c2ccc(F)cc2)nc1C(=O)Nc1ccc(C(C)C)cc1. The van der Waals surface area contributed by atoms with Crippen molar-refractivity contribution in [2.45, 2.75) is 19.8 Å². The number of aromatic nitrogens is 2. The fourth-order valence-electron chi connectivity index (χ4n) is 2.66. The lowest BCUT2D eigenvalue weighted by atomic mass is 10.0. The molecule has 0 unspecified atom stereocenters. The summed E-state index contributed by atoms with van der Waals surface area (Å²) < 4.78 is 19.3. The van der Waals surface area contributed by atoms with Gasteiger partial charge in [-0.3, -0.25) is 9.59 Å². The first-order valence-corrected chi connectivity index (χ1v) is 8.74. The van der Waals surface area contributed by atoms with Crippen LogP contribution in [0.25, 0.3) is 5.69 Å². The van der Waals surface area contributed by atoms with Crippen molar-refractivity contribution in [1.82, 2.24) is 9.78 Å². The summed E-state index contributed by atoms with van der Waals surface area (Å²) in [7, 11) is 1.35. The van der Waals surface area contributed by atoms with E-state index in [1.807, 2.05) is 12.1 Å². The summed E-state index contributed by atoms with van der Waals surface area (Å²) in [5.74, 6) is -0.524. The Morgan fingerprint density at radius 1 is 1.11 bits per heavy atom. The number of carbonyl (C=O) groups excluding carboxylic acids is 1. The Bertz CT molecular complexity index is 1040. The Morgan fingerprint density at radius 2 is 1.75 bits per heavy atom. The summed E-state index contributed by atoms with van der Waals surface area (Å²) in [6.45, 7) is 4.17. The van der Waals surface area contributed by atoms with Crippen molar-refractivity contribution in [3.63, 3.8) is 0 Å². The van der Waals surface area contributed by atoms with Crippen molar-refractivity contribution in [2.24, 2.45) is 0 Å². The number of methoxy groups -OCH3 is 1. The van der Waals surface area contributed by atoms with Crippen LogP contribution in [0.2, 0.25) is 0 Å². The second kappa shape index (κ2) is 8.04. The van der Waals surface area contributed by atoms with Gasteiger partial charge in [-0.15, -0.1) is 0 Å². The number of hydrogen-bond donors (Lipinski definition) is 1. The molecule has 0 spiro atoms. The van der Waals surface area contributed by atoms with Gasteiger partial charge in [0.25, 0.3) is 11.5 Å². The minimum absolute atomic E-state index is 0.0552. The maximum Gasteiger partial charge on any atom is 0.279 e. The highest BCUT2D eigenvalue weighted by Crippen LogP contribution is 2.20. The molecule has 7 heteroatoms. The molecule has 2 aromatic carbocycles. The van der Waals surface area contributed by atoms with Gasteiger partial charge in [0, 0.05) is 5.69 Å². The van der Waals surface area contributed by atoms with E-state index in [4.69, 9.17) is 4.74 Å². The molecule has 0 radical (unpaired) electrons. The predicted molar refractivity (Wildman–Crippen MR) is 105 cm³/mol. The number of carbonyl (C=O) groups is 1. The average molecular weight is 381 g/mol. The second-order valence-corrected chi connectivity index (χ2v) is 6.52. The Kier molecular flexibility index (Phi) is 5.54. The van der Waals surface area contributed by atoms with Crippen LogP contribution in [-0.2, 0) is 0 Å². The van der Waals surface area contributed by atoms with Gasteiger partial charge in [-0.05, 0) is 47.9 Å². The Morgan fingerprint density at radius 3 is 2.32 bits per heavy atom. The van der Waals surface area contributed by atoms with E-state index >= 15 is 0 Å². The third kappa shape index (κ3) is 4.09. The van der Waals surface area contributed by atoms with Crippen LogP contribution in [0, 0.1) is 5.82 Å². The van der Waals surface area contributed by atoms with Crippen LogP contribution in [0.5, 0.6) is 5.75 Å². The van der Waals surface area contributed by atoms with Crippen LogP contribution in [-0.4, -0.2) is 22.8 Å². The van der Waals surface area contributed by atoms with Crippen LogP contribution in [0.1, 0.15) is 35.8 Å². The summed E-state index contributed by atoms with van der Waals surface area (Å²) in [6, 6.07) is 13.9. The monoisotopic (exact) mass is 381 g/mol. The number of anilines is 1. The third-order valence-electron chi connectivity index (χ3n) is 4.24. The number of nitrogens with zero attached hydrogens (tertiary/aromatic N) is 2. The van der Waals surface area contributed by atoms with E-state index in [-0.39, 0.29) is 11.4 Å². The molecule has 1 heterocycles. The largest absolute Gasteiger partial charge is 0.494 e. The number of hydrogen-bond acceptors (Lipinski definition) is 4. The van der Waals surface area contributed by atoms with E-state index in [9.17, 15) is 14.0 Å². The fourth-order valence-corrected chi connectivity index (χ4v) is 2.66. The first-order chi connectivity index (χ1) is 13.4. The molecule has 0 saturated carbocycles. The Balaban J connectivity index is 1.95. The predicted octanol–water partition coefficient (Wildman–Crippen LogP) is 3.76. The molecular formula is C21H20FN3O3. The van der Waals surface area contributed by atoms with E-state index in [1.54, 1.807) is 12.1 Å². The number of nitrogens with one attached hydrogen (secondary N) is 1. The molecule has 0 atom stereocenters. The molecule has 0 aliphatic heterocycles. The van der Waals surface area contributed by atoms with Gasteiger partial charge in [0.05, 0.1) is 18.9 Å². The molecule has 0 aliphatic carbocycles. The zero-order chi connectivity index (χ0) is 20.3. The summed E-state index contributed by atoms with van der Waals surface area (Å²) in [4.78, 5) is 25.0. The molecule has 0 aliphatic rings.